The third kappa shape index (κ3) is 4.20. The van der Waals surface area contributed by atoms with Crippen LogP contribution < -0.4 is 0 Å². The Morgan fingerprint density at radius 3 is 2.43 bits per heavy atom. The van der Waals surface area contributed by atoms with Crippen LogP contribution in [0.3, 0.4) is 0 Å². The Morgan fingerprint density at radius 2 is 1.86 bits per heavy atom. The summed E-state index contributed by atoms with van der Waals surface area (Å²) in [4.78, 5) is 14.2. The van der Waals surface area contributed by atoms with Crippen LogP contribution in [0.15, 0.2) is 47.1 Å². The molecule has 2 rings (SSSR count). The van der Waals surface area contributed by atoms with E-state index in [9.17, 15) is 4.79 Å². The number of furan rings is 1. The molecule has 4 nitrogen and oxygen atoms in total. The van der Waals surface area contributed by atoms with Gasteiger partial charge in [-0.2, -0.15) is 0 Å². The van der Waals surface area contributed by atoms with E-state index in [0.29, 0.717) is 12.2 Å². The number of ether oxygens (including phenoxy) is 1. The summed E-state index contributed by atoms with van der Waals surface area (Å²) in [5.41, 5.74) is 1.50. The van der Waals surface area contributed by atoms with Gasteiger partial charge in [0.1, 0.15) is 12.4 Å². The van der Waals surface area contributed by atoms with Gasteiger partial charge in [-0.25, -0.2) is 4.79 Å². The summed E-state index contributed by atoms with van der Waals surface area (Å²) < 4.78 is 10.6. The number of carbonyl (C=O) groups excluding carboxylic acids is 1. The summed E-state index contributed by atoms with van der Waals surface area (Å²) in [6, 6.07) is 11.0. The number of nitrogens with zero attached hydrogens (tertiary/aromatic N) is 1. The van der Waals surface area contributed by atoms with Crippen LogP contribution in [0.1, 0.15) is 24.2 Å². The molecule has 21 heavy (non-hydrogen) atoms. The second-order valence-electron chi connectivity index (χ2n) is 4.72. The van der Waals surface area contributed by atoms with Crippen LogP contribution in [-0.2, 0) is 4.74 Å². The molecule has 0 radical (unpaired) electrons. The van der Waals surface area contributed by atoms with Crippen LogP contribution in [0.4, 0.5) is 0 Å². The van der Waals surface area contributed by atoms with Gasteiger partial charge < -0.3 is 14.1 Å². The van der Waals surface area contributed by atoms with Crippen LogP contribution in [0.5, 0.6) is 0 Å². The van der Waals surface area contributed by atoms with Crippen LogP contribution in [0.2, 0.25) is 0 Å². The molecular formula is C17H21NO3. The molecular weight excluding hydrogens is 266 g/mol. The van der Waals surface area contributed by atoms with Crippen LogP contribution in [0.25, 0.3) is 11.3 Å². The minimum atomic E-state index is -0.284. The van der Waals surface area contributed by atoms with E-state index in [-0.39, 0.29) is 5.97 Å². The lowest BCUT2D eigenvalue weighted by Crippen LogP contribution is -2.27. The minimum Gasteiger partial charge on any atom is -0.464 e. The highest BCUT2D eigenvalue weighted by atomic mass is 16.5. The highest BCUT2D eigenvalue weighted by Gasteiger charge is 2.09. The van der Waals surface area contributed by atoms with E-state index in [4.69, 9.17) is 9.15 Å². The number of rotatable bonds is 7. The summed E-state index contributed by atoms with van der Waals surface area (Å²) in [7, 11) is 0. The van der Waals surface area contributed by atoms with Gasteiger partial charge in [0.15, 0.2) is 0 Å². The maximum Gasteiger partial charge on any atom is 0.338 e. The largest absolute Gasteiger partial charge is 0.464 e. The fraction of sp³-hybridized carbons (Fsp3) is 0.353. The van der Waals surface area contributed by atoms with E-state index in [0.717, 1.165) is 31.0 Å². The number of esters is 1. The zero-order valence-corrected chi connectivity index (χ0v) is 12.5. The second kappa shape index (κ2) is 7.64. The Hall–Kier alpha value is -2.07. The zero-order chi connectivity index (χ0) is 15.1. The van der Waals surface area contributed by atoms with E-state index < -0.39 is 0 Å². The molecule has 0 fully saturated rings. The fourth-order valence-corrected chi connectivity index (χ4v) is 2.10. The van der Waals surface area contributed by atoms with Gasteiger partial charge in [0.05, 0.1) is 11.8 Å². The van der Waals surface area contributed by atoms with Crippen molar-refractivity contribution < 1.29 is 13.9 Å². The molecule has 1 aromatic heterocycles. The number of hydrogen-bond acceptors (Lipinski definition) is 4. The highest BCUT2D eigenvalue weighted by molar-refractivity contribution is 5.89. The van der Waals surface area contributed by atoms with Gasteiger partial charge in [-0.15, -0.1) is 0 Å². The monoisotopic (exact) mass is 287 g/mol. The van der Waals surface area contributed by atoms with E-state index in [1.807, 2.05) is 24.3 Å². The van der Waals surface area contributed by atoms with Gasteiger partial charge in [-0.3, -0.25) is 0 Å². The summed E-state index contributed by atoms with van der Waals surface area (Å²) in [6.45, 7) is 7.30. The fourth-order valence-electron chi connectivity index (χ4n) is 2.10. The van der Waals surface area contributed by atoms with Gasteiger partial charge in [-0.05, 0) is 37.4 Å². The first-order valence-electron chi connectivity index (χ1n) is 7.28. The molecule has 0 N–H and O–H groups in total. The molecule has 1 aromatic carbocycles. The van der Waals surface area contributed by atoms with Gasteiger partial charge in [0.25, 0.3) is 0 Å². The number of hydrogen-bond donors (Lipinski definition) is 0. The molecule has 0 saturated carbocycles. The van der Waals surface area contributed by atoms with Crippen molar-refractivity contribution in [3.05, 3.63) is 48.2 Å². The van der Waals surface area contributed by atoms with Crippen LogP contribution in [0, 0.1) is 0 Å². The average Bonchev–Trinajstić information content (AvgIpc) is 3.06. The summed E-state index contributed by atoms with van der Waals surface area (Å²) in [5, 5.41) is 0. The van der Waals surface area contributed by atoms with Gasteiger partial charge in [0, 0.05) is 12.1 Å². The Kier molecular flexibility index (Phi) is 5.58. The molecule has 112 valence electrons. The maximum absolute atomic E-state index is 11.9. The standard InChI is InChI=1S/C17H21NO3/c1-3-18(4-2)11-13-21-17(19)15-9-7-14(8-10-15)16-6-5-12-20-16/h5-10,12H,3-4,11,13H2,1-2H3. The first-order valence-corrected chi connectivity index (χ1v) is 7.28. The third-order valence-corrected chi connectivity index (χ3v) is 3.46. The summed E-state index contributed by atoms with van der Waals surface area (Å²) >= 11 is 0. The van der Waals surface area contributed by atoms with Gasteiger partial charge >= 0.3 is 5.97 Å². The molecule has 4 heteroatoms. The summed E-state index contributed by atoms with van der Waals surface area (Å²) in [5.74, 6) is 0.504. The van der Waals surface area contributed by atoms with Crippen molar-refractivity contribution in [1.82, 2.24) is 4.90 Å². The number of likely N-dealkylation sites (N-methyl/N-ethyl adjacent to an activating group) is 1. The van der Waals surface area contributed by atoms with Crippen molar-refractivity contribution in [2.45, 2.75) is 13.8 Å². The molecule has 0 aliphatic carbocycles. The quantitative estimate of drug-likeness (QED) is 0.732. The predicted octanol–water partition coefficient (Wildman–Crippen LogP) is 3.45. The Balaban J connectivity index is 1.88. The molecule has 1 heterocycles. The first-order chi connectivity index (χ1) is 10.2. The highest BCUT2D eigenvalue weighted by Crippen LogP contribution is 2.20. The Bertz CT molecular complexity index is 542. The summed E-state index contributed by atoms with van der Waals surface area (Å²) in [6.07, 6.45) is 1.63. The van der Waals surface area contributed by atoms with E-state index in [1.54, 1.807) is 18.4 Å². The first kappa shape index (κ1) is 15.3. The minimum absolute atomic E-state index is 0.284. The third-order valence-electron chi connectivity index (χ3n) is 3.46. The van der Waals surface area contributed by atoms with Gasteiger partial charge in [0.2, 0.25) is 0 Å². The lowest BCUT2D eigenvalue weighted by Gasteiger charge is -2.17. The van der Waals surface area contributed by atoms with Crippen molar-refractivity contribution >= 4 is 5.97 Å². The lowest BCUT2D eigenvalue weighted by molar-refractivity contribution is 0.0466. The SMILES string of the molecule is CCN(CC)CCOC(=O)c1ccc(-c2ccco2)cc1. The maximum atomic E-state index is 11.9. The molecule has 0 spiro atoms. The van der Waals surface area contributed by atoms with Crippen LogP contribution >= 0.6 is 0 Å². The molecule has 0 unspecified atom stereocenters. The average molecular weight is 287 g/mol. The van der Waals surface area contributed by atoms with E-state index >= 15 is 0 Å². The predicted molar refractivity (Wildman–Crippen MR) is 82.2 cm³/mol. The van der Waals surface area contributed by atoms with Crippen molar-refractivity contribution in [1.29, 1.82) is 0 Å². The van der Waals surface area contributed by atoms with Crippen molar-refractivity contribution in [2.24, 2.45) is 0 Å². The van der Waals surface area contributed by atoms with E-state index in [1.165, 1.54) is 0 Å². The topological polar surface area (TPSA) is 42.7 Å². The molecule has 0 atom stereocenters. The molecule has 0 bridgehead atoms. The number of carbonyl (C=O) groups is 1. The molecule has 0 amide bonds. The van der Waals surface area contributed by atoms with Crippen molar-refractivity contribution in [2.75, 3.05) is 26.2 Å². The molecule has 0 aliphatic heterocycles. The normalized spacial score (nSPS) is 10.8. The molecule has 0 saturated heterocycles. The van der Waals surface area contributed by atoms with Crippen molar-refractivity contribution in [3.63, 3.8) is 0 Å². The molecule has 0 aliphatic rings. The lowest BCUT2D eigenvalue weighted by atomic mass is 10.1. The zero-order valence-electron chi connectivity index (χ0n) is 12.5. The van der Waals surface area contributed by atoms with E-state index in [2.05, 4.69) is 18.7 Å². The van der Waals surface area contributed by atoms with Crippen molar-refractivity contribution in [3.8, 4) is 11.3 Å². The van der Waals surface area contributed by atoms with Gasteiger partial charge in [-0.1, -0.05) is 26.0 Å². The number of benzene rings is 1. The van der Waals surface area contributed by atoms with Crippen LogP contribution in [-0.4, -0.2) is 37.1 Å². The molecule has 2 aromatic rings. The smallest absolute Gasteiger partial charge is 0.338 e. The Morgan fingerprint density at radius 1 is 1.14 bits per heavy atom. The Labute approximate surface area is 125 Å². The second-order valence-corrected chi connectivity index (χ2v) is 4.72.